The van der Waals surface area contributed by atoms with Crippen molar-refractivity contribution in [1.29, 1.82) is 0 Å². The minimum atomic E-state index is -3.53. The van der Waals surface area contributed by atoms with Crippen LogP contribution in [0.4, 0.5) is 11.4 Å². The Morgan fingerprint density at radius 2 is 1.70 bits per heavy atom. The molecule has 2 aromatic carbocycles. The third-order valence-corrected chi connectivity index (χ3v) is 7.80. The van der Waals surface area contributed by atoms with Crippen LogP contribution in [0.5, 0.6) is 0 Å². The standard InChI is InChI=1S/C22H28N4O5S2/c1-2-16-32(28,29)25-18-13-11-17(12-14-18)24-21(27)10-4-3-7-15-23-22-19-8-5-6-9-20(19)33(30,31)26-22/h5-6,8-9,11-14,25H,2-4,7,10,15-16H2,1H3,(H,23,26)(H,24,27). The average molecular weight is 493 g/mol. The van der Waals surface area contributed by atoms with Gasteiger partial charge in [-0.2, -0.15) is 0 Å². The smallest absolute Gasteiger partial charge is 0.263 e. The summed E-state index contributed by atoms with van der Waals surface area (Å²) in [6, 6.07) is 13.2. The van der Waals surface area contributed by atoms with Gasteiger partial charge in [-0.25, -0.2) is 16.8 Å². The van der Waals surface area contributed by atoms with E-state index in [1.165, 1.54) is 0 Å². The molecule has 0 aliphatic carbocycles. The lowest BCUT2D eigenvalue weighted by Gasteiger charge is -2.09. The maximum absolute atomic E-state index is 12.1. The molecule has 0 saturated carbocycles. The van der Waals surface area contributed by atoms with Crippen LogP contribution in [-0.4, -0.2) is 40.9 Å². The molecule has 2 aromatic rings. The fourth-order valence-corrected chi connectivity index (χ4v) is 5.75. The van der Waals surface area contributed by atoms with E-state index in [0.717, 1.165) is 12.8 Å². The maximum Gasteiger partial charge on any atom is 0.263 e. The number of amides is 1. The number of amidine groups is 1. The normalized spacial score (nSPS) is 15.6. The zero-order chi connectivity index (χ0) is 23.9. The number of carbonyl (C=O) groups excluding carboxylic acids is 1. The Kier molecular flexibility index (Phi) is 8.09. The Hall–Kier alpha value is -2.92. The maximum atomic E-state index is 12.1. The summed E-state index contributed by atoms with van der Waals surface area (Å²) in [6.07, 6.45) is 3.05. The van der Waals surface area contributed by atoms with Crippen molar-refractivity contribution in [2.75, 3.05) is 22.3 Å². The van der Waals surface area contributed by atoms with Gasteiger partial charge in [-0.3, -0.25) is 19.2 Å². The molecule has 0 atom stereocenters. The monoisotopic (exact) mass is 492 g/mol. The molecule has 1 aliphatic rings. The first-order chi connectivity index (χ1) is 15.7. The Morgan fingerprint density at radius 3 is 2.42 bits per heavy atom. The van der Waals surface area contributed by atoms with Gasteiger partial charge in [0.1, 0.15) is 5.84 Å². The van der Waals surface area contributed by atoms with E-state index in [0.29, 0.717) is 48.6 Å². The van der Waals surface area contributed by atoms with E-state index in [1.807, 2.05) is 0 Å². The number of carbonyl (C=O) groups is 1. The van der Waals surface area contributed by atoms with E-state index < -0.39 is 20.0 Å². The molecule has 9 nitrogen and oxygen atoms in total. The molecule has 0 fully saturated rings. The van der Waals surface area contributed by atoms with E-state index >= 15 is 0 Å². The van der Waals surface area contributed by atoms with E-state index in [4.69, 9.17) is 0 Å². The van der Waals surface area contributed by atoms with Crippen LogP contribution < -0.4 is 14.8 Å². The molecule has 33 heavy (non-hydrogen) atoms. The highest BCUT2D eigenvalue weighted by molar-refractivity contribution is 7.92. The molecule has 3 N–H and O–H groups in total. The van der Waals surface area contributed by atoms with Crippen LogP contribution in [0, 0.1) is 0 Å². The molecule has 0 radical (unpaired) electrons. The molecule has 11 heteroatoms. The van der Waals surface area contributed by atoms with Crippen LogP contribution in [0.3, 0.4) is 0 Å². The molecule has 178 valence electrons. The fourth-order valence-electron chi connectivity index (χ4n) is 3.36. The SMILES string of the molecule is CCCS(=O)(=O)Nc1ccc(NC(=O)CCCCCN=C2NS(=O)(=O)c3ccccc32)cc1. The topological polar surface area (TPSA) is 134 Å². The van der Waals surface area contributed by atoms with Gasteiger partial charge in [-0.1, -0.05) is 25.5 Å². The van der Waals surface area contributed by atoms with Crippen LogP contribution in [0.2, 0.25) is 0 Å². The van der Waals surface area contributed by atoms with Crippen LogP contribution in [-0.2, 0) is 24.8 Å². The second-order valence-electron chi connectivity index (χ2n) is 7.69. The van der Waals surface area contributed by atoms with E-state index in [1.54, 1.807) is 55.5 Å². The number of nitrogens with zero attached hydrogens (tertiary/aromatic N) is 1. The molecular formula is C22H28N4O5S2. The highest BCUT2D eigenvalue weighted by Gasteiger charge is 2.29. The number of benzene rings is 2. The number of aliphatic imine (C=N–C) groups is 1. The van der Waals surface area contributed by atoms with E-state index in [2.05, 4.69) is 19.8 Å². The Balaban J connectivity index is 1.38. The zero-order valence-corrected chi connectivity index (χ0v) is 20.0. The summed E-state index contributed by atoms with van der Waals surface area (Å²) < 4.78 is 52.7. The van der Waals surface area contributed by atoms with Crippen LogP contribution >= 0.6 is 0 Å². The fraction of sp³-hybridized carbons (Fsp3) is 0.364. The molecule has 1 amide bonds. The number of hydrogen-bond donors (Lipinski definition) is 3. The molecule has 0 bridgehead atoms. The minimum Gasteiger partial charge on any atom is -0.326 e. The molecule has 1 heterocycles. The van der Waals surface area contributed by atoms with E-state index in [-0.39, 0.29) is 16.6 Å². The van der Waals surface area contributed by atoms with Gasteiger partial charge in [-0.15, -0.1) is 0 Å². The third kappa shape index (κ3) is 7.03. The number of nitrogens with one attached hydrogen (secondary N) is 3. The van der Waals surface area contributed by atoms with Gasteiger partial charge >= 0.3 is 0 Å². The molecule has 1 aliphatic heterocycles. The summed E-state index contributed by atoms with van der Waals surface area (Å²) in [7, 11) is -6.87. The third-order valence-electron chi connectivity index (χ3n) is 4.91. The van der Waals surface area contributed by atoms with Crippen LogP contribution in [0.25, 0.3) is 0 Å². The van der Waals surface area contributed by atoms with Gasteiger partial charge in [0.2, 0.25) is 15.9 Å². The summed E-state index contributed by atoms with van der Waals surface area (Å²) in [5.41, 5.74) is 1.63. The Labute approximate surface area is 194 Å². The minimum absolute atomic E-state index is 0.0566. The first-order valence-electron chi connectivity index (χ1n) is 10.8. The number of unbranched alkanes of at least 4 members (excludes halogenated alkanes) is 2. The number of anilines is 2. The van der Waals surface area contributed by atoms with Crippen LogP contribution in [0.15, 0.2) is 58.4 Å². The van der Waals surface area contributed by atoms with Crippen molar-refractivity contribution in [3.63, 3.8) is 0 Å². The van der Waals surface area contributed by atoms with Crippen LogP contribution in [0.1, 0.15) is 44.6 Å². The van der Waals surface area contributed by atoms with Gasteiger partial charge in [0.15, 0.2) is 0 Å². The summed E-state index contributed by atoms with van der Waals surface area (Å²) >= 11 is 0. The van der Waals surface area contributed by atoms with E-state index in [9.17, 15) is 21.6 Å². The van der Waals surface area contributed by atoms with Crippen molar-refractivity contribution >= 4 is 43.2 Å². The Morgan fingerprint density at radius 1 is 1.00 bits per heavy atom. The quantitative estimate of drug-likeness (QED) is 0.415. The first-order valence-corrected chi connectivity index (χ1v) is 13.9. The largest absolute Gasteiger partial charge is 0.326 e. The predicted octanol–water partition coefficient (Wildman–Crippen LogP) is 3.08. The summed E-state index contributed by atoms with van der Waals surface area (Å²) in [5, 5.41) is 2.79. The van der Waals surface area contributed by atoms with Crippen molar-refractivity contribution < 1.29 is 21.6 Å². The zero-order valence-electron chi connectivity index (χ0n) is 18.4. The highest BCUT2D eigenvalue weighted by Crippen LogP contribution is 2.22. The van der Waals surface area contributed by atoms with Gasteiger partial charge < -0.3 is 5.32 Å². The molecule has 3 rings (SSSR count). The second kappa shape index (κ2) is 10.8. The lowest BCUT2D eigenvalue weighted by atomic mass is 10.1. The van der Waals surface area contributed by atoms with Crippen molar-refractivity contribution in [3.8, 4) is 0 Å². The molecule has 0 saturated heterocycles. The summed E-state index contributed by atoms with van der Waals surface area (Å²) in [4.78, 5) is 16.7. The van der Waals surface area contributed by atoms with Gasteiger partial charge in [-0.05, 0) is 55.7 Å². The van der Waals surface area contributed by atoms with Gasteiger partial charge in [0, 0.05) is 29.9 Å². The lowest BCUT2D eigenvalue weighted by Crippen LogP contribution is -2.22. The number of sulfonamides is 2. The second-order valence-corrected chi connectivity index (χ2v) is 11.2. The summed E-state index contributed by atoms with van der Waals surface area (Å²) in [5.74, 6) is 0.294. The number of fused-ring (bicyclic) bond motifs is 1. The van der Waals surface area contributed by atoms with Crippen molar-refractivity contribution in [1.82, 2.24) is 4.72 Å². The molecular weight excluding hydrogens is 464 g/mol. The summed E-state index contributed by atoms with van der Waals surface area (Å²) in [6.45, 7) is 2.26. The van der Waals surface area contributed by atoms with Crippen molar-refractivity contribution in [2.45, 2.75) is 43.9 Å². The number of hydrogen-bond acceptors (Lipinski definition) is 6. The molecule has 0 spiro atoms. The molecule has 0 unspecified atom stereocenters. The van der Waals surface area contributed by atoms with Crippen molar-refractivity contribution in [2.24, 2.45) is 4.99 Å². The molecule has 0 aromatic heterocycles. The highest BCUT2D eigenvalue weighted by atomic mass is 32.2. The van der Waals surface area contributed by atoms with Gasteiger partial charge in [0.05, 0.1) is 10.6 Å². The van der Waals surface area contributed by atoms with Gasteiger partial charge in [0.25, 0.3) is 10.0 Å². The lowest BCUT2D eigenvalue weighted by molar-refractivity contribution is -0.116. The average Bonchev–Trinajstić information content (AvgIpc) is 3.02. The predicted molar refractivity (Wildman–Crippen MR) is 129 cm³/mol. The first kappa shape index (κ1) is 24.7. The van der Waals surface area contributed by atoms with Crippen molar-refractivity contribution in [3.05, 3.63) is 54.1 Å². The number of rotatable bonds is 11. The Bertz CT molecular complexity index is 1220.